The summed E-state index contributed by atoms with van der Waals surface area (Å²) in [7, 11) is 0. The first-order chi connectivity index (χ1) is 15.4. The van der Waals surface area contributed by atoms with Crippen molar-refractivity contribution in [1.82, 2.24) is 9.99 Å². The first-order valence-electron chi connectivity index (χ1n) is 10.8. The Labute approximate surface area is 188 Å². The number of aromatic nitrogens is 1. The Morgan fingerprint density at radius 2 is 1.69 bits per heavy atom. The number of aryl methyl sites for hydroxylation is 1. The van der Waals surface area contributed by atoms with Gasteiger partial charge in [0.25, 0.3) is 11.8 Å². The lowest BCUT2D eigenvalue weighted by molar-refractivity contribution is -0.117. The fourth-order valence-corrected chi connectivity index (χ4v) is 3.79. The lowest BCUT2D eigenvalue weighted by Crippen LogP contribution is -2.35. The zero-order valence-corrected chi connectivity index (χ0v) is 18.8. The van der Waals surface area contributed by atoms with E-state index in [1.165, 1.54) is 5.01 Å². The summed E-state index contributed by atoms with van der Waals surface area (Å²) in [5.41, 5.74) is 7.17. The number of amides is 2. The topological polar surface area (TPSA) is 63.6 Å². The third-order valence-corrected chi connectivity index (χ3v) is 5.68. The van der Waals surface area contributed by atoms with Gasteiger partial charge in [0.15, 0.2) is 0 Å². The second-order valence-corrected chi connectivity index (χ2v) is 7.97. The number of carbonyl (C=O) groups excluding carboxylic acids is 2. The van der Waals surface area contributed by atoms with Crippen molar-refractivity contribution < 1.29 is 14.3 Å². The van der Waals surface area contributed by atoms with Crippen molar-refractivity contribution in [3.8, 4) is 11.4 Å². The molecule has 0 bridgehead atoms. The average molecular weight is 430 g/mol. The van der Waals surface area contributed by atoms with E-state index in [2.05, 4.69) is 16.9 Å². The van der Waals surface area contributed by atoms with Crippen molar-refractivity contribution >= 4 is 23.6 Å². The highest BCUT2D eigenvalue weighted by atomic mass is 16.5. The number of ether oxygens (including phenoxy) is 1. The second kappa shape index (κ2) is 8.75. The second-order valence-electron chi connectivity index (χ2n) is 7.97. The summed E-state index contributed by atoms with van der Waals surface area (Å²) < 4.78 is 7.98. The molecule has 0 radical (unpaired) electrons. The van der Waals surface area contributed by atoms with Gasteiger partial charge in [0.05, 0.1) is 11.8 Å². The molecule has 1 atom stereocenters. The van der Waals surface area contributed by atoms with Gasteiger partial charge >= 0.3 is 0 Å². The van der Waals surface area contributed by atoms with E-state index in [-0.39, 0.29) is 17.6 Å². The molecule has 2 amide bonds. The maximum absolute atomic E-state index is 12.9. The molecule has 1 saturated heterocycles. The van der Waals surface area contributed by atoms with Gasteiger partial charge in [0.2, 0.25) is 0 Å². The smallest absolute Gasteiger partial charge is 0.282 e. The predicted octanol–water partition coefficient (Wildman–Crippen LogP) is 4.73. The van der Waals surface area contributed by atoms with Crippen LogP contribution in [0.25, 0.3) is 11.8 Å². The fraction of sp³-hybridized carbons (Fsp3) is 0.231. The molecule has 32 heavy (non-hydrogen) atoms. The summed E-state index contributed by atoms with van der Waals surface area (Å²) in [6.07, 6.45) is 2.78. The van der Waals surface area contributed by atoms with E-state index in [1.807, 2.05) is 69.3 Å². The van der Waals surface area contributed by atoms with E-state index < -0.39 is 5.91 Å². The molecule has 6 nitrogen and oxygen atoms in total. The summed E-state index contributed by atoms with van der Waals surface area (Å²) in [6, 6.07) is 19.0. The van der Waals surface area contributed by atoms with Crippen molar-refractivity contribution in [2.24, 2.45) is 0 Å². The van der Waals surface area contributed by atoms with Gasteiger partial charge in [0.1, 0.15) is 11.3 Å². The largest absolute Gasteiger partial charge is 0.491 e. The van der Waals surface area contributed by atoms with Crippen LogP contribution in [0.5, 0.6) is 5.75 Å². The van der Waals surface area contributed by atoms with Crippen molar-refractivity contribution in [2.75, 3.05) is 5.01 Å². The highest BCUT2D eigenvalue weighted by Crippen LogP contribution is 2.27. The van der Waals surface area contributed by atoms with Crippen molar-refractivity contribution in [2.45, 2.75) is 40.2 Å². The molecule has 1 aliphatic rings. The average Bonchev–Trinajstić information content (AvgIpc) is 3.24. The SMILES string of the molecule is CC[C@@H](C)Oc1ccc(-n2c(C)cc(/C=C3/C(=O)NN(c4ccccc4)C3=O)c2C)cc1. The van der Waals surface area contributed by atoms with Gasteiger partial charge < -0.3 is 9.30 Å². The summed E-state index contributed by atoms with van der Waals surface area (Å²) >= 11 is 0. The van der Waals surface area contributed by atoms with E-state index >= 15 is 0 Å². The molecule has 1 aliphatic heterocycles. The van der Waals surface area contributed by atoms with Crippen molar-refractivity contribution in [1.29, 1.82) is 0 Å². The molecule has 0 saturated carbocycles. The number of nitrogens with one attached hydrogen (secondary N) is 1. The Morgan fingerprint density at radius 3 is 2.34 bits per heavy atom. The third kappa shape index (κ3) is 4.04. The van der Waals surface area contributed by atoms with Crippen LogP contribution in [0.1, 0.15) is 37.2 Å². The Morgan fingerprint density at radius 1 is 1.00 bits per heavy atom. The predicted molar refractivity (Wildman–Crippen MR) is 126 cm³/mol. The van der Waals surface area contributed by atoms with E-state index in [4.69, 9.17) is 4.74 Å². The van der Waals surface area contributed by atoms with Crippen molar-refractivity contribution in [3.63, 3.8) is 0 Å². The number of nitrogens with zero attached hydrogens (tertiary/aromatic N) is 2. The molecule has 2 heterocycles. The van der Waals surface area contributed by atoms with Gasteiger partial charge in [0, 0.05) is 17.1 Å². The molecular formula is C26H27N3O3. The molecule has 2 aromatic carbocycles. The van der Waals surface area contributed by atoms with Crippen LogP contribution in [0.15, 0.2) is 66.2 Å². The van der Waals surface area contributed by atoms with Gasteiger partial charge in [-0.25, -0.2) is 5.01 Å². The number of carbonyl (C=O) groups is 2. The summed E-state index contributed by atoms with van der Waals surface area (Å²) in [5.74, 6) is 0.0647. The minimum absolute atomic E-state index is 0.117. The molecule has 0 aliphatic carbocycles. The molecule has 1 N–H and O–H groups in total. The van der Waals surface area contributed by atoms with Crippen LogP contribution >= 0.6 is 0 Å². The summed E-state index contributed by atoms with van der Waals surface area (Å²) in [4.78, 5) is 25.4. The molecule has 1 fully saturated rings. The normalized spacial score (nSPS) is 15.9. The first kappa shape index (κ1) is 21.4. The third-order valence-electron chi connectivity index (χ3n) is 5.68. The van der Waals surface area contributed by atoms with Crippen LogP contribution < -0.4 is 15.2 Å². The molecular weight excluding hydrogens is 402 g/mol. The van der Waals surface area contributed by atoms with Crippen molar-refractivity contribution in [3.05, 3.63) is 83.2 Å². The van der Waals surface area contributed by atoms with Gasteiger partial charge in [-0.1, -0.05) is 25.1 Å². The summed E-state index contributed by atoms with van der Waals surface area (Å²) in [6.45, 7) is 8.13. The Bertz CT molecular complexity index is 1180. The van der Waals surface area contributed by atoms with E-state index in [0.29, 0.717) is 5.69 Å². The van der Waals surface area contributed by atoms with E-state index in [9.17, 15) is 9.59 Å². The highest BCUT2D eigenvalue weighted by molar-refractivity contribution is 6.31. The summed E-state index contributed by atoms with van der Waals surface area (Å²) in [5, 5.41) is 1.28. The van der Waals surface area contributed by atoms with Crippen LogP contribution in [0.3, 0.4) is 0 Å². The zero-order valence-electron chi connectivity index (χ0n) is 18.8. The minimum Gasteiger partial charge on any atom is -0.491 e. The number of benzene rings is 2. The monoisotopic (exact) mass is 429 g/mol. The Kier molecular flexibility index (Phi) is 5.86. The van der Waals surface area contributed by atoms with Crippen LogP contribution in [-0.2, 0) is 9.59 Å². The Balaban J connectivity index is 1.63. The van der Waals surface area contributed by atoms with Gasteiger partial charge in [-0.2, -0.15) is 0 Å². The number of rotatable bonds is 6. The molecule has 3 aromatic rings. The minimum atomic E-state index is -0.407. The number of anilines is 1. The van der Waals surface area contributed by atoms with E-state index in [1.54, 1.807) is 18.2 Å². The van der Waals surface area contributed by atoms with Crippen LogP contribution in [0, 0.1) is 13.8 Å². The van der Waals surface area contributed by atoms with Crippen LogP contribution in [-0.4, -0.2) is 22.5 Å². The number of hydrogen-bond donors (Lipinski definition) is 1. The fourth-order valence-electron chi connectivity index (χ4n) is 3.79. The van der Waals surface area contributed by atoms with Crippen LogP contribution in [0.2, 0.25) is 0 Å². The Hall–Kier alpha value is -3.80. The standard InChI is InChI=1S/C26H27N3O3/c1-5-18(3)32-23-13-11-21(12-14-23)28-17(2)15-20(19(28)4)16-24-25(30)27-29(26(24)31)22-9-7-6-8-10-22/h6-16,18H,5H2,1-4H3,(H,27,30)/b24-16-/t18-/m1/s1. The van der Waals surface area contributed by atoms with E-state index in [0.717, 1.165) is 34.8 Å². The lowest BCUT2D eigenvalue weighted by Gasteiger charge is -2.14. The van der Waals surface area contributed by atoms with Gasteiger partial charge in [-0.3, -0.25) is 15.0 Å². The van der Waals surface area contributed by atoms with Gasteiger partial charge in [-0.15, -0.1) is 0 Å². The maximum atomic E-state index is 12.9. The van der Waals surface area contributed by atoms with Gasteiger partial charge in [-0.05, 0) is 81.3 Å². The first-order valence-corrected chi connectivity index (χ1v) is 10.8. The maximum Gasteiger partial charge on any atom is 0.282 e. The highest BCUT2D eigenvalue weighted by Gasteiger charge is 2.34. The molecule has 0 spiro atoms. The zero-order chi connectivity index (χ0) is 22.8. The number of para-hydroxylation sites is 1. The molecule has 6 heteroatoms. The van der Waals surface area contributed by atoms with Crippen LogP contribution in [0.4, 0.5) is 5.69 Å². The number of hydrazine groups is 1. The lowest BCUT2D eigenvalue weighted by atomic mass is 10.1. The molecule has 1 aromatic heterocycles. The molecule has 0 unspecified atom stereocenters. The molecule has 164 valence electrons. The number of hydrogen-bond acceptors (Lipinski definition) is 3. The molecule has 4 rings (SSSR count). The quantitative estimate of drug-likeness (QED) is 0.455.